The molecule has 0 saturated carbocycles. The van der Waals surface area contributed by atoms with E-state index in [0.717, 1.165) is 17.0 Å². The van der Waals surface area contributed by atoms with E-state index in [1.165, 1.54) is 6.92 Å². The van der Waals surface area contributed by atoms with Gasteiger partial charge in [-0.2, -0.15) is 13.2 Å². The van der Waals surface area contributed by atoms with Gasteiger partial charge in [0.15, 0.2) is 0 Å². The van der Waals surface area contributed by atoms with Gasteiger partial charge in [0.1, 0.15) is 23.5 Å². The second-order valence-electron chi connectivity index (χ2n) is 6.41. The first-order valence-corrected chi connectivity index (χ1v) is 8.68. The summed E-state index contributed by atoms with van der Waals surface area (Å²) < 4.78 is 66.4. The van der Waals surface area contributed by atoms with E-state index < -0.39 is 51.9 Å². The molecule has 0 bridgehead atoms. The van der Waals surface area contributed by atoms with Gasteiger partial charge in [-0.1, -0.05) is 11.6 Å². The highest BCUT2D eigenvalue weighted by Gasteiger charge is 2.40. The number of hydrogen-bond donors (Lipinski definition) is 1. The SMILES string of the molecule is Cc1cc(C(F)(F)F)cc(N2C(=O)CCC2C(=O)Nc2cc(Cl)c(F)cc2F)n1. The van der Waals surface area contributed by atoms with E-state index in [-0.39, 0.29) is 24.4 Å². The summed E-state index contributed by atoms with van der Waals surface area (Å²) in [5, 5.41) is 1.76. The van der Waals surface area contributed by atoms with Crippen molar-refractivity contribution in [1.29, 1.82) is 0 Å². The summed E-state index contributed by atoms with van der Waals surface area (Å²) in [6, 6.07) is 1.60. The van der Waals surface area contributed by atoms with E-state index in [4.69, 9.17) is 11.6 Å². The largest absolute Gasteiger partial charge is 0.416 e. The number of aromatic nitrogens is 1. The maximum Gasteiger partial charge on any atom is 0.416 e. The molecular formula is C18H13ClF5N3O2. The van der Waals surface area contributed by atoms with Crippen molar-refractivity contribution in [2.24, 2.45) is 0 Å². The number of anilines is 2. The fraction of sp³-hybridized carbons (Fsp3) is 0.278. The molecule has 1 unspecified atom stereocenters. The van der Waals surface area contributed by atoms with Crippen LogP contribution < -0.4 is 10.2 Å². The van der Waals surface area contributed by atoms with Gasteiger partial charge in [0.05, 0.1) is 16.3 Å². The van der Waals surface area contributed by atoms with Gasteiger partial charge >= 0.3 is 6.18 Å². The molecule has 3 rings (SSSR count). The first-order valence-electron chi connectivity index (χ1n) is 8.30. The van der Waals surface area contributed by atoms with Crippen molar-refractivity contribution in [2.45, 2.75) is 32.0 Å². The number of aryl methyl sites for hydroxylation is 1. The fourth-order valence-corrected chi connectivity index (χ4v) is 3.16. The van der Waals surface area contributed by atoms with Gasteiger partial charge in [0, 0.05) is 18.2 Å². The molecule has 1 fully saturated rings. The highest BCUT2D eigenvalue weighted by atomic mass is 35.5. The maximum absolute atomic E-state index is 13.9. The van der Waals surface area contributed by atoms with Crippen LogP contribution in [-0.2, 0) is 15.8 Å². The summed E-state index contributed by atoms with van der Waals surface area (Å²) in [5.41, 5.74) is -1.44. The van der Waals surface area contributed by atoms with E-state index in [9.17, 15) is 31.5 Å². The second kappa shape index (κ2) is 7.58. The molecular weight excluding hydrogens is 421 g/mol. The van der Waals surface area contributed by atoms with Crippen molar-refractivity contribution in [3.05, 3.63) is 52.2 Å². The molecule has 2 heterocycles. The Hall–Kier alpha value is -2.75. The molecule has 29 heavy (non-hydrogen) atoms. The van der Waals surface area contributed by atoms with Crippen molar-refractivity contribution >= 4 is 34.9 Å². The van der Waals surface area contributed by atoms with Gasteiger partial charge in [-0.25, -0.2) is 13.8 Å². The number of halogens is 6. The molecule has 0 aliphatic carbocycles. The minimum atomic E-state index is -4.67. The third kappa shape index (κ3) is 4.31. The van der Waals surface area contributed by atoms with Crippen molar-refractivity contribution < 1.29 is 31.5 Å². The monoisotopic (exact) mass is 433 g/mol. The molecule has 2 amide bonds. The van der Waals surface area contributed by atoms with Crippen molar-refractivity contribution in [3.63, 3.8) is 0 Å². The van der Waals surface area contributed by atoms with Crippen LogP contribution in [0.3, 0.4) is 0 Å². The summed E-state index contributed by atoms with van der Waals surface area (Å²) >= 11 is 5.58. The van der Waals surface area contributed by atoms with Crippen LogP contribution in [0, 0.1) is 18.6 Å². The molecule has 1 saturated heterocycles. The lowest BCUT2D eigenvalue weighted by Crippen LogP contribution is -2.42. The van der Waals surface area contributed by atoms with Crippen molar-refractivity contribution in [3.8, 4) is 0 Å². The number of benzene rings is 1. The smallest absolute Gasteiger partial charge is 0.322 e. The van der Waals surface area contributed by atoms with E-state index in [2.05, 4.69) is 10.3 Å². The molecule has 1 aromatic heterocycles. The molecule has 1 aliphatic rings. The lowest BCUT2D eigenvalue weighted by atomic mass is 10.1. The lowest BCUT2D eigenvalue weighted by Gasteiger charge is -2.24. The van der Waals surface area contributed by atoms with Crippen LogP contribution in [0.5, 0.6) is 0 Å². The topological polar surface area (TPSA) is 62.3 Å². The Morgan fingerprint density at radius 1 is 1.21 bits per heavy atom. The zero-order chi connectivity index (χ0) is 21.5. The molecule has 2 aromatic rings. The van der Waals surface area contributed by atoms with Gasteiger partial charge in [-0.3, -0.25) is 14.5 Å². The average molecular weight is 434 g/mol. The molecule has 11 heteroatoms. The quantitative estimate of drug-likeness (QED) is 0.573. The first kappa shape index (κ1) is 21.0. The first-order chi connectivity index (χ1) is 13.5. The van der Waals surface area contributed by atoms with Gasteiger partial charge in [0.2, 0.25) is 11.8 Å². The predicted octanol–water partition coefficient (Wildman–Crippen LogP) is 4.47. The number of rotatable bonds is 3. The van der Waals surface area contributed by atoms with Crippen LogP contribution in [0.15, 0.2) is 24.3 Å². The highest BCUT2D eigenvalue weighted by molar-refractivity contribution is 6.31. The molecule has 5 nitrogen and oxygen atoms in total. The molecule has 0 spiro atoms. The van der Waals surface area contributed by atoms with Crippen LogP contribution in [-0.4, -0.2) is 22.8 Å². The van der Waals surface area contributed by atoms with Crippen LogP contribution in [0.1, 0.15) is 24.1 Å². The zero-order valence-electron chi connectivity index (χ0n) is 14.8. The molecule has 1 aromatic carbocycles. The molecule has 1 N–H and O–H groups in total. The summed E-state index contributed by atoms with van der Waals surface area (Å²) in [7, 11) is 0. The Balaban J connectivity index is 1.93. The van der Waals surface area contributed by atoms with Crippen LogP contribution >= 0.6 is 11.6 Å². The Bertz CT molecular complexity index is 996. The lowest BCUT2D eigenvalue weighted by molar-refractivity contribution is -0.137. The second-order valence-corrected chi connectivity index (χ2v) is 6.81. The van der Waals surface area contributed by atoms with E-state index >= 15 is 0 Å². The standard InChI is InChI=1S/C18H13ClF5N3O2/c1-8-4-9(18(22,23)24)5-15(25-8)27-14(2-3-16(27)28)17(29)26-13-6-10(19)11(20)7-12(13)21/h4-7,14H,2-3H2,1H3,(H,26,29). The predicted molar refractivity (Wildman–Crippen MR) is 94.5 cm³/mol. The normalized spacial score (nSPS) is 17.0. The summed E-state index contributed by atoms with van der Waals surface area (Å²) in [5.74, 6) is -3.92. The number of amides is 2. The summed E-state index contributed by atoms with van der Waals surface area (Å²) in [6.45, 7) is 1.32. The third-order valence-electron chi connectivity index (χ3n) is 4.30. The number of alkyl halides is 3. The molecule has 154 valence electrons. The number of hydrogen-bond acceptors (Lipinski definition) is 3. The van der Waals surface area contributed by atoms with Crippen LogP contribution in [0.4, 0.5) is 33.5 Å². The van der Waals surface area contributed by atoms with E-state index in [0.29, 0.717) is 12.1 Å². The fourth-order valence-electron chi connectivity index (χ4n) is 2.99. The number of carbonyl (C=O) groups is 2. The number of pyridine rings is 1. The van der Waals surface area contributed by atoms with Crippen LogP contribution in [0.2, 0.25) is 5.02 Å². The number of nitrogens with one attached hydrogen (secondary N) is 1. The number of carbonyl (C=O) groups excluding carboxylic acids is 2. The van der Waals surface area contributed by atoms with Crippen molar-refractivity contribution in [1.82, 2.24) is 4.98 Å². The minimum absolute atomic E-state index is 0.00467. The molecule has 1 aliphatic heterocycles. The Morgan fingerprint density at radius 2 is 1.90 bits per heavy atom. The molecule has 1 atom stereocenters. The Kier molecular flexibility index (Phi) is 5.48. The third-order valence-corrected chi connectivity index (χ3v) is 4.59. The Labute approximate surface area is 166 Å². The highest BCUT2D eigenvalue weighted by Crippen LogP contribution is 2.34. The van der Waals surface area contributed by atoms with Crippen molar-refractivity contribution in [2.75, 3.05) is 10.2 Å². The minimum Gasteiger partial charge on any atom is -0.322 e. The van der Waals surface area contributed by atoms with E-state index in [1.54, 1.807) is 0 Å². The summed E-state index contributed by atoms with van der Waals surface area (Å²) in [4.78, 5) is 29.7. The Morgan fingerprint density at radius 3 is 2.55 bits per heavy atom. The van der Waals surface area contributed by atoms with Crippen LogP contribution in [0.25, 0.3) is 0 Å². The summed E-state index contributed by atoms with van der Waals surface area (Å²) in [6.07, 6.45) is -4.79. The van der Waals surface area contributed by atoms with Gasteiger partial charge in [-0.05, 0) is 31.5 Å². The number of nitrogens with zero attached hydrogens (tertiary/aromatic N) is 2. The van der Waals surface area contributed by atoms with Gasteiger partial charge in [0.25, 0.3) is 0 Å². The zero-order valence-corrected chi connectivity index (χ0v) is 15.5. The average Bonchev–Trinajstić information content (AvgIpc) is 3.00. The van der Waals surface area contributed by atoms with Gasteiger partial charge in [-0.15, -0.1) is 0 Å². The maximum atomic E-state index is 13.9. The van der Waals surface area contributed by atoms with E-state index in [1.807, 2.05) is 0 Å². The van der Waals surface area contributed by atoms with Gasteiger partial charge < -0.3 is 5.32 Å². The molecule has 0 radical (unpaired) electrons.